The molecule has 0 aliphatic heterocycles. The molecule has 0 amide bonds. The Morgan fingerprint density at radius 1 is 1.13 bits per heavy atom. The number of sulfonamides is 1. The molecular formula is C19H22N2O8S. The van der Waals surface area contributed by atoms with Crippen LogP contribution < -0.4 is 14.2 Å². The first-order chi connectivity index (χ1) is 14.2. The van der Waals surface area contributed by atoms with Crippen molar-refractivity contribution in [2.75, 3.05) is 20.8 Å². The maximum atomic E-state index is 12.9. The first kappa shape index (κ1) is 23.1. The number of carbonyl (C=O) groups is 1. The van der Waals surface area contributed by atoms with Gasteiger partial charge in [0.15, 0.2) is 11.5 Å². The van der Waals surface area contributed by atoms with Gasteiger partial charge in [-0.25, -0.2) is 13.1 Å². The van der Waals surface area contributed by atoms with Crippen LogP contribution in [-0.2, 0) is 19.6 Å². The number of hydrogen-bond donors (Lipinski definition) is 1. The molecule has 0 radical (unpaired) electrons. The molecule has 11 heteroatoms. The third-order valence-corrected chi connectivity index (χ3v) is 5.59. The predicted molar refractivity (Wildman–Crippen MR) is 107 cm³/mol. The highest BCUT2D eigenvalue weighted by atomic mass is 32.2. The SMILES string of the molecule is CCOC(=O)C[C@H](NS(=O)(=O)c1ccc(OC)c(OC)c1)c1cccc([N+](=O)[O-])c1. The van der Waals surface area contributed by atoms with Crippen molar-refractivity contribution < 1.29 is 32.3 Å². The van der Waals surface area contributed by atoms with Crippen molar-refractivity contribution in [3.05, 3.63) is 58.1 Å². The van der Waals surface area contributed by atoms with E-state index in [4.69, 9.17) is 14.2 Å². The van der Waals surface area contributed by atoms with Gasteiger partial charge in [-0.3, -0.25) is 14.9 Å². The number of nitro groups is 1. The van der Waals surface area contributed by atoms with Crippen LogP contribution in [0.1, 0.15) is 24.9 Å². The van der Waals surface area contributed by atoms with Gasteiger partial charge in [0.2, 0.25) is 10.0 Å². The fourth-order valence-electron chi connectivity index (χ4n) is 2.71. The Kier molecular flexibility index (Phi) is 7.72. The Bertz CT molecular complexity index is 1020. The minimum Gasteiger partial charge on any atom is -0.493 e. The highest BCUT2D eigenvalue weighted by Gasteiger charge is 2.26. The van der Waals surface area contributed by atoms with Gasteiger partial charge in [-0.05, 0) is 24.6 Å². The summed E-state index contributed by atoms with van der Waals surface area (Å²) in [6.45, 7) is 1.73. The van der Waals surface area contributed by atoms with Gasteiger partial charge >= 0.3 is 5.97 Å². The summed E-state index contributed by atoms with van der Waals surface area (Å²) in [6, 6.07) is 8.33. The van der Waals surface area contributed by atoms with E-state index in [-0.39, 0.29) is 34.9 Å². The molecular weight excluding hydrogens is 416 g/mol. The third kappa shape index (κ3) is 5.67. The fraction of sp³-hybridized carbons (Fsp3) is 0.316. The maximum absolute atomic E-state index is 12.9. The topological polar surface area (TPSA) is 134 Å². The van der Waals surface area contributed by atoms with Gasteiger partial charge in [-0.15, -0.1) is 0 Å². The van der Waals surface area contributed by atoms with E-state index in [1.54, 1.807) is 6.92 Å². The van der Waals surface area contributed by atoms with E-state index in [2.05, 4.69) is 4.72 Å². The zero-order valence-corrected chi connectivity index (χ0v) is 17.5. The molecule has 0 saturated carbocycles. The number of non-ortho nitro benzene ring substituents is 1. The summed E-state index contributed by atoms with van der Waals surface area (Å²) >= 11 is 0. The summed E-state index contributed by atoms with van der Waals surface area (Å²) in [6.07, 6.45) is -0.346. The number of nitrogens with zero attached hydrogens (tertiary/aromatic N) is 1. The average Bonchev–Trinajstić information content (AvgIpc) is 2.72. The van der Waals surface area contributed by atoms with E-state index in [1.165, 1.54) is 56.7 Å². The second-order valence-electron chi connectivity index (χ2n) is 6.05. The molecule has 0 unspecified atom stereocenters. The van der Waals surface area contributed by atoms with Crippen LogP contribution in [-0.4, -0.2) is 40.1 Å². The van der Waals surface area contributed by atoms with Crippen LogP contribution in [0.5, 0.6) is 11.5 Å². The highest BCUT2D eigenvalue weighted by molar-refractivity contribution is 7.89. The second kappa shape index (κ2) is 10.0. The molecule has 0 aromatic heterocycles. The van der Waals surface area contributed by atoms with Crippen LogP contribution in [0, 0.1) is 10.1 Å². The number of methoxy groups -OCH3 is 2. The number of nitrogens with one attached hydrogen (secondary N) is 1. The Labute approximate surface area is 174 Å². The number of ether oxygens (including phenoxy) is 3. The molecule has 0 fully saturated rings. The molecule has 0 saturated heterocycles. The van der Waals surface area contributed by atoms with Gasteiger partial charge in [0.05, 0.1) is 43.1 Å². The lowest BCUT2D eigenvalue weighted by Crippen LogP contribution is -2.31. The summed E-state index contributed by atoms with van der Waals surface area (Å²) in [5.41, 5.74) is 0.0213. The molecule has 0 aliphatic carbocycles. The average molecular weight is 438 g/mol. The molecule has 1 atom stereocenters. The van der Waals surface area contributed by atoms with Crippen molar-refractivity contribution in [1.29, 1.82) is 0 Å². The van der Waals surface area contributed by atoms with E-state index in [1.807, 2.05) is 0 Å². The van der Waals surface area contributed by atoms with Crippen LogP contribution >= 0.6 is 0 Å². The first-order valence-corrected chi connectivity index (χ1v) is 10.3. The minimum absolute atomic E-state index is 0.114. The molecule has 30 heavy (non-hydrogen) atoms. The largest absolute Gasteiger partial charge is 0.493 e. The fourth-order valence-corrected chi connectivity index (χ4v) is 3.95. The Hall–Kier alpha value is -3.18. The Morgan fingerprint density at radius 3 is 2.43 bits per heavy atom. The maximum Gasteiger partial charge on any atom is 0.307 e. The van der Waals surface area contributed by atoms with Gasteiger partial charge < -0.3 is 14.2 Å². The third-order valence-electron chi connectivity index (χ3n) is 4.12. The molecule has 0 spiro atoms. The van der Waals surface area contributed by atoms with Crippen LogP contribution in [0.3, 0.4) is 0 Å². The van der Waals surface area contributed by atoms with Crippen LogP contribution in [0.15, 0.2) is 47.4 Å². The van der Waals surface area contributed by atoms with Gasteiger partial charge in [0.1, 0.15) is 0 Å². The molecule has 10 nitrogen and oxygen atoms in total. The van der Waals surface area contributed by atoms with Crippen LogP contribution in [0.2, 0.25) is 0 Å². The summed E-state index contributed by atoms with van der Waals surface area (Å²) < 4.78 is 43.5. The van der Waals surface area contributed by atoms with Crippen molar-refractivity contribution >= 4 is 21.7 Å². The number of rotatable bonds is 10. The minimum atomic E-state index is -4.12. The summed E-state index contributed by atoms with van der Waals surface area (Å²) in [5, 5.41) is 11.1. The number of esters is 1. The van der Waals surface area contributed by atoms with Crippen molar-refractivity contribution in [1.82, 2.24) is 4.72 Å². The smallest absolute Gasteiger partial charge is 0.307 e. The zero-order chi connectivity index (χ0) is 22.3. The molecule has 0 aliphatic rings. The molecule has 162 valence electrons. The number of carbonyl (C=O) groups excluding carboxylic acids is 1. The van der Waals surface area contributed by atoms with Gasteiger partial charge in [0, 0.05) is 18.2 Å². The predicted octanol–water partition coefficient (Wildman–Crippen LogP) is 2.58. The number of benzene rings is 2. The molecule has 2 aromatic rings. The Morgan fingerprint density at radius 2 is 1.83 bits per heavy atom. The highest BCUT2D eigenvalue weighted by Crippen LogP contribution is 2.31. The number of nitro benzene ring substituents is 1. The molecule has 2 rings (SSSR count). The molecule has 0 heterocycles. The lowest BCUT2D eigenvalue weighted by molar-refractivity contribution is -0.384. The molecule has 0 bridgehead atoms. The standard InChI is InChI=1S/C19H22N2O8S/c1-4-29-19(22)12-16(13-6-5-7-14(10-13)21(23)24)20-30(25,26)15-8-9-17(27-2)18(11-15)28-3/h5-11,16,20H,4,12H2,1-3H3/t16-/m0/s1. The van der Waals surface area contributed by atoms with E-state index in [0.717, 1.165) is 0 Å². The quantitative estimate of drug-likeness (QED) is 0.340. The summed E-state index contributed by atoms with van der Waals surface area (Å²) in [4.78, 5) is 22.4. The van der Waals surface area contributed by atoms with Crippen LogP contribution in [0.4, 0.5) is 5.69 Å². The van der Waals surface area contributed by atoms with Crippen LogP contribution in [0.25, 0.3) is 0 Å². The molecule has 1 N–H and O–H groups in total. The van der Waals surface area contributed by atoms with Crippen molar-refractivity contribution in [3.63, 3.8) is 0 Å². The first-order valence-electron chi connectivity index (χ1n) is 8.86. The lowest BCUT2D eigenvalue weighted by Gasteiger charge is -2.19. The molecule has 2 aromatic carbocycles. The van der Waals surface area contributed by atoms with Crippen molar-refractivity contribution in [2.24, 2.45) is 0 Å². The van der Waals surface area contributed by atoms with Gasteiger partial charge in [-0.1, -0.05) is 12.1 Å². The zero-order valence-electron chi connectivity index (χ0n) is 16.7. The summed E-state index contributed by atoms with van der Waals surface area (Å²) in [5.74, 6) is -0.0973. The van der Waals surface area contributed by atoms with Crippen molar-refractivity contribution in [3.8, 4) is 11.5 Å². The van der Waals surface area contributed by atoms with Gasteiger partial charge in [-0.2, -0.15) is 0 Å². The van der Waals surface area contributed by atoms with E-state index >= 15 is 0 Å². The van der Waals surface area contributed by atoms with E-state index in [9.17, 15) is 23.3 Å². The summed E-state index contributed by atoms with van der Waals surface area (Å²) in [7, 11) is -1.33. The normalized spacial score (nSPS) is 12.1. The van der Waals surface area contributed by atoms with E-state index in [0.29, 0.717) is 5.75 Å². The van der Waals surface area contributed by atoms with Crippen molar-refractivity contribution in [2.45, 2.75) is 24.3 Å². The van der Waals surface area contributed by atoms with Gasteiger partial charge in [0.25, 0.3) is 5.69 Å². The monoisotopic (exact) mass is 438 g/mol. The van der Waals surface area contributed by atoms with E-state index < -0.39 is 27.0 Å². The lowest BCUT2D eigenvalue weighted by atomic mass is 10.0. The Balaban J connectivity index is 2.42. The second-order valence-corrected chi connectivity index (χ2v) is 7.77. The number of hydrogen-bond acceptors (Lipinski definition) is 8.